The van der Waals surface area contributed by atoms with Gasteiger partial charge in [-0.15, -0.1) is 0 Å². The normalized spacial score (nSPS) is 18.2. The summed E-state index contributed by atoms with van der Waals surface area (Å²) in [6, 6.07) is 5.36. The number of benzene rings is 1. The molecule has 1 aromatic carbocycles. The van der Waals surface area contributed by atoms with Crippen molar-refractivity contribution in [3.8, 4) is 0 Å². The zero-order valence-corrected chi connectivity index (χ0v) is 17.7. The highest BCUT2D eigenvalue weighted by molar-refractivity contribution is 7.97. The maximum absolute atomic E-state index is 14.2. The summed E-state index contributed by atoms with van der Waals surface area (Å²) in [6.07, 6.45) is 2.59. The molecule has 3 rings (SSSR count). The van der Waals surface area contributed by atoms with E-state index in [-0.39, 0.29) is 35.0 Å². The molecule has 1 amide bonds. The van der Waals surface area contributed by atoms with Gasteiger partial charge < -0.3 is 0 Å². The number of hydrogen-bond donors (Lipinski definition) is 1. The van der Waals surface area contributed by atoms with Gasteiger partial charge in [0.25, 0.3) is 0 Å². The van der Waals surface area contributed by atoms with Gasteiger partial charge in [-0.2, -0.15) is 5.10 Å². The average Bonchev–Trinajstić information content (AvgIpc) is 3.15. The molecule has 1 N–H and O–H groups in total. The molecule has 2 aromatic rings. The first-order chi connectivity index (χ1) is 12.6. The first-order valence-corrected chi connectivity index (χ1v) is 10.3. The lowest BCUT2D eigenvalue weighted by atomic mass is 9.85. The SMILES string of the molecule is CC(C)c1cc(F)cc2c1C(C(=O)NSc1ccn(C(C)C)n1)CC2(C)C. The fourth-order valence-electron chi connectivity index (χ4n) is 3.85. The quantitative estimate of drug-likeness (QED) is 0.705. The number of hydrogen-bond acceptors (Lipinski definition) is 3. The van der Waals surface area contributed by atoms with Crippen molar-refractivity contribution in [3.63, 3.8) is 0 Å². The van der Waals surface area contributed by atoms with Crippen molar-refractivity contribution in [3.05, 3.63) is 46.9 Å². The van der Waals surface area contributed by atoms with Gasteiger partial charge in [-0.05, 0) is 66.5 Å². The van der Waals surface area contributed by atoms with Gasteiger partial charge in [-0.25, -0.2) is 4.39 Å². The second-order valence-electron chi connectivity index (χ2n) is 8.55. The minimum Gasteiger partial charge on any atom is -0.294 e. The largest absolute Gasteiger partial charge is 0.294 e. The van der Waals surface area contributed by atoms with Gasteiger partial charge >= 0.3 is 0 Å². The Hall–Kier alpha value is -1.82. The van der Waals surface area contributed by atoms with Crippen LogP contribution in [0.15, 0.2) is 29.4 Å². The zero-order chi connectivity index (χ0) is 19.9. The van der Waals surface area contributed by atoms with Crippen molar-refractivity contribution in [1.29, 1.82) is 0 Å². The van der Waals surface area contributed by atoms with Gasteiger partial charge in [-0.1, -0.05) is 27.7 Å². The van der Waals surface area contributed by atoms with Gasteiger partial charge in [0, 0.05) is 24.2 Å². The van der Waals surface area contributed by atoms with Crippen molar-refractivity contribution < 1.29 is 9.18 Å². The molecule has 27 heavy (non-hydrogen) atoms. The Morgan fingerprint density at radius 3 is 2.63 bits per heavy atom. The maximum Gasteiger partial charge on any atom is 0.237 e. The number of carbonyl (C=O) groups excluding carboxylic acids is 1. The van der Waals surface area contributed by atoms with Crippen molar-refractivity contribution >= 4 is 17.9 Å². The van der Waals surface area contributed by atoms with Crippen LogP contribution in [0.1, 0.15) is 82.5 Å². The van der Waals surface area contributed by atoms with Gasteiger partial charge in [0.2, 0.25) is 5.91 Å². The third kappa shape index (κ3) is 3.91. The van der Waals surface area contributed by atoms with Crippen LogP contribution in [-0.2, 0) is 10.2 Å². The lowest BCUT2D eigenvalue weighted by molar-refractivity contribution is -0.120. The Balaban J connectivity index is 1.84. The number of rotatable bonds is 5. The molecule has 0 spiro atoms. The molecule has 146 valence electrons. The average molecular weight is 390 g/mol. The predicted octanol–water partition coefficient (Wildman–Crippen LogP) is 5.31. The molecule has 0 aliphatic heterocycles. The fourth-order valence-corrected chi connectivity index (χ4v) is 4.46. The van der Waals surface area contributed by atoms with Gasteiger partial charge in [0.15, 0.2) is 0 Å². The summed E-state index contributed by atoms with van der Waals surface area (Å²) in [5, 5.41) is 5.22. The van der Waals surface area contributed by atoms with E-state index in [2.05, 4.69) is 37.5 Å². The highest BCUT2D eigenvalue weighted by Gasteiger charge is 2.42. The first-order valence-electron chi connectivity index (χ1n) is 9.46. The van der Waals surface area contributed by atoms with Crippen LogP contribution >= 0.6 is 11.9 Å². The minimum atomic E-state index is -0.271. The second-order valence-corrected chi connectivity index (χ2v) is 9.37. The van der Waals surface area contributed by atoms with Crippen LogP contribution in [0.3, 0.4) is 0 Å². The summed E-state index contributed by atoms with van der Waals surface area (Å²) in [7, 11) is 0. The van der Waals surface area contributed by atoms with Crippen LogP contribution < -0.4 is 4.72 Å². The molecule has 0 saturated heterocycles. The zero-order valence-electron chi connectivity index (χ0n) is 16.8. The lowest BCUT2D eigenvalue weighted by Gasteiger charge is -2.20. The van der Waals surface area contributed by atoms with Crippen molar-refractivity contribution in [2.45, 2.75) is 76.3 Å². The number of fused-ring (bicyclic) bond motifs is 1. The van der Waals surface area contributed by atoms with Crippen LogP contribution in [0.25, 0.3) is 0 Å². The van der Waals surface area contributed by atoms with Crippen LogP contribution in [0, 0.1) is 5.82 Å². The van der Waals surface area contributed by atoms with E-state index in [0.29, 0.717) is 6.42 Å². The molecule has 0 bridgehead atoms. The minimum absolute atomic E-state index is 0.0422. The van der Waals surface area contributed by atoms with E-state index < -0.39 is 0 Å². The number of nitrogens with zero attached hydrogens (tertiary/aromatic N) is 2. The number of nitrogens with one attached hydrogen (secondary N) is 1. The standard InChI is InChI=1S/C21H28FN3OS/c1-12(2)15-9-14(22)10-17-19(15)16(11-21(17,5)6)20(26)24-27-18-7-8-25(23-18)13(3)4/h7-10,12-13,16H,11H2,1-6H3,(H,24,26). The van der Waals surface area contributed by atoms with Crippen LogP contribution in [0.5, 0.6) is 0 Å². The molecule has 1 unspecified atom stereocenters. The molecule has 6 heteroatoms. The van der Waals surface area contributed by atoms with E-state index in [4.69, 9.17) is 0 Å². The monoisotopic (exact) mass is 389 g/mol. The molecule has 1 atom stereocenters. The van der Waals surface area contributed by atoms with Gasteiger partial charge in [-0.3, -0.25) is 14.2 Å². The Morgan fingerprint density at radius 1 is 1.33 bits per heavy atom. The van der Waals surface area contributed by atoms with Crippen molar-refractivity contribution in [2.75, 3.05) is 0 Å². The van der Waals surface area contributed by atoms with Crippen molar-refractivity contribution in [2.24, 2.45) is 0 Å². The van der Waals surface area contributed by atoms with E-state index in [1.54, 1.807) is 12.1 Å². The topological polar surface area (TPSA) is 46.9 Å². The smallest absolute Gasteiger partial charge is 0.237 e. The highest BCUT2D eigenvalue weighted by atomic mass is 32.2. The van der Waals surface area contributed by atoms with Crippen LogP contribution in [0.4, 0.5) is 4.39 Å². The molecule has 0 radical (unpaired) electrons. The summed E-state index contributed by atoms with van der Waals surface area (Å²) >= 11 is 1.24. The molecule has 1 aromatic heterocycles. The highest BCUT2D eigenvalue weighted by Crippen LogP contribution is 2.49. The van der Waals surface area contributed by atoms with Gasteiger partial charge in [0.05, 0.1) is 5.92 Å². The summed E-state index contributed by atoms with van der Waals surface area (Å²) in [5.41, 5.74) is 2.67. The van der Waals surface area contributed by atoms with E-state index in [1.165, 1.54) is 11.9 Å². The van der Waals surface area contributed by atoms with E-state index in [9.17, 15) is 9.18 Å². The molecular weight excluding hydrogens is 361 g/mol. The Kier molecular flexibility index (Phi) is 5.39. The van der Waals surface area contributed by atoms with E-state index >= 15 is 0 Å². The number of aromatic nitrogens is 2. The van der Waals surface area contributed by atoms with Crippen molar-refractivity contribution in [1.82, 2.24) is 14.5 Å². The second kappa shape index (κ2) is 7.30. The Labute approximate surface area is 165 Å². The lowest BCUT2D eigenvalue weighted by Crippen LogP contribution is -2.24. The summed E-state index contributed by atoms with van der Waals surface area (Å²) in [6.45, 7) is 12.4. The molecule has 1 heterocycles. The number of amides is 1. The Morgan fingerprint density at radius 2 is 2.04 bits per heavy atom. The summed E-state index contributed by atoms with van der Waals surface area (Å²) < 4.78 is 19.0. The summed E-state index contributed by atoms with van der Waals surface area (Å²) in [5.74, 6) is -0.375. The number of halogens is 1. The van der Waals surface area contributed by atoms with Gasteiger partial charge in [0.1, 0.15) is 10.8 Å². The molecular formula is C21H28FN3OS. The van der Waals surface area contributed by atoms with E-state index in [1.807, 2.05) is 30.8 Å². The molecule has 1 aliphatic rings. The molecule has 0 fully saturated rings. The fraction of sp³-hybridized carbons (Fsp3) is 0.524. The van der Waals surface area contributed by atoms with E-state index in [0.717, 1.165) is 21.7 Å². The van der Waals surface area contributed by atoms with Crippen LogP contribution in [0.2, 0.25) is 0 Å². The number of carbonyl (C=O) groups is 1. The summed E-state index contributed by atoms with van der Waals surface area (Å²) in [4.78, 5) is 13.0. The molecule has 0 saturated carbocycles. The first kappa shape index (κ1) is 19.9. The predicted molar refractivity (Wildman–Crippen MR) is 107 cm³/mol. The van der Waals surface area contributed by atoms with Crippen LogP contribution in [-0.4, -0.2) is 15.7 Å². The molecule has 1 aliphatic carbocycles. The third-order valence-corrected chi connectivity index (χ3v) is 6.01. The maximum atomic E-state index is 14.2. The molecule has 4 nitrogen and oxygen atoms in total. The third-order valence-electron chi connectivity index (χ3n) is 5.28. The Bertz CT molecular complexity index is 857.